The Morgan fingerprint density at radius 1 is 1.77 bits per heavy atom. The summed E-state index contributed by atoms with van der Waals surface area (Å²) in [5.74, 6) is 0.799. The quantitative estimate of drug-likeness (QED) is 0.785. The molecule has 0 fully saturated rings. The molecule has 2 nitrogen and oxygen atoms in total. The van der Waals surface area contributed by atoms with Gasteiger partial charge in [0, 0.05) is 10.9 Å². The molecule has 0 aromatic carbocycles. The van der Waals surface area contributed by atoms with E-state index < -0.39 is 0 Å². The minimum Gasteiger partial charge on any atom is -0.328 e. The number of hydrogen-bond acceptors (Lipinski definition) is 3. The molecule has 1 aliphatic rings. The predicted molar refractivity (Wildman–Crippen MR) is 55.9 cm³/mol. The first-order valence-corrected chi connectivity index (χ1v) is 5.80. The summed E-state index contributed by atoms with van der Waals surface area (Å²) in [6, 6.07) is 0.347. The van der Waals surface area contributed by atoms with E-state index >= 15 is 0 Å². The first-order valence-electron chi connectivity index (χ1n) is 4.92. The highest BCUT2D eigenvalue weighted by Gasteiger charge is 2.21. The van der Waals surface area contributed by atoms with Crippen LogP contribution in [0.2, 0.25) is 0 Å². The van der Waals surface area contributed by atoms with Crippen LogP contribution in [0.5, 0.6) is 0 Å². The van der Waals surface area contributed by atoms with Gasteiger partial charge in [0.2, 0.25) is 0 Å². The number of aryl methyl sites for hydroxylation is 1. The zero-order valence-corrected chi connectivity index (χ0v) is 8.81. The van der Waals surface area contributed by atoms with Crippen LogP contribution in [0.3, 0.4) is 0 Å². The van der Waals surface area contributed by atoms with Crippen molar-refractivity contribution in [1.29, 1.82) is 0 Å². The summed E-state index contributed by atoms with van der Waals surface area (Å²) >= 11 is 1.80. The molecular weight excluding hydrogens is 180 g/mol. The SMILES string of the molecule is CC(N)CC1CCc2ncsc2C1. The van der Waals surface area contributed by atoms with Crippen molar-refractivity contribution in [2.24, 2.45) is 11.7 Å². The Hall–Kier alpha value is -0.410. The highest BCUT2D eigenvalue weighted by Crippen LogP contribution is 2.29. The molecule has 1 aromatic rings. The van der Waals surface area contributed by atoms with Gasteiger partial charge in [-0.1, -0.05) is 0 Å². The minimum atomic E-state index is 0.347. The lowest BCUT2D eigenvalue weighted by Gasteiger charge is -2.22. The maximum absolute atomic E-state index is 5.81. The average Bonchev–Trinajstić information content (AvgIpc) is 2.49. The molecule has 2 unspecified atom stereocenters. The van der Waals surface area contributed by atoms with Crippen molar-refractivity contribution in [1.82, 2.24) is 4.98 Å². The van der Waals surface area contributed by atoms with Gasteiger partial charge in [-0.05, 0) is 38.5 Å². The third kappa shape index (κ3) is 2.09. The van der Waals surface area contributed by atoms with Gasteiger partial charge >= 0.3 is 0 Å². The fourth-order valence-corrected chi connectivity index (χ4v) is 3.03. The second kappa shape index (κ2) is 3.76. The first-order chi connectivity index (χ1) is 6.25. The molecular formula is C10H16N2S. The van der Waals surface area contributed by atoms with Crippen LogP contribution >= 0.6 is 11.3 Å². The Morgan fingerprint density at radius 3 is 3.38 bits per heavy atom. The molecule has 0 saturated heterocycles. The molecule has 0 amide bonds. The molecule has 72 valence electrons. The lowest BCUT2D eigenvalue weighted by molar-refractivity contribution is 0.399. The first kappa shape index (κ1) is 9.16. The molecule has 1 aromatic heterocycles. The van der Waals surface area contributed by atoms with Crippen molar-refractivity contribution < 1.29 is 0 Å². The van der Waals surface area contributed by atoms with Crippen molar-refractivity contribution in [2.75, 3.05) is 0 Å². The molecule has 2 atom stereocenters. The highest BCUT2D eigenvalue weighted by atomic mass is 32.1. The van der Waals surface area contributed by atoms with Crippen molar-refractivity contribution >= 4 is 11.3 Å². The van der Waals surface area contributed by atoms with Crippen LogP contribution in [0.25, 0.3) is 0 Å². The summed E-state index contributed by atoms with van der Waals surface area (Å²) in [5, 5.41) is 0. The summed E-state index contributed by atoms with van der Waals surface area (Å²) in [4.78, 5) is 5.85. The van der Waals surface area contributed by atoms with Crippen molar-refractivity contribution in [3.8, 4) is 0 Å². The van der Waals surface area contributed by atoms with E-state index in [1.54, 1.807) is 11.3 Å². The van der Waals surface area contributed by atoms with Crippen molar-refractivity contribution in [3.05, 3.63) is 16.1 Å². The van der Waals surface area contributed by atoms with E-state index in [1.807, 2.05) is 5.51 Å². The molecule has 1 aliphatic carbocycles. The normalized spacial score (nSPS) is 24.0. The molecule has 0 bridgehead atoms. The molecule has 13 heavy (non-hydrogen) atoms. The summed E-state index contributed by atoms with van der Waals surface area (Å²) in [6.45, 7) is 2.10. The Bertz CT molecular complexity index is 280. The van der Waals surface area contributed by atoms with E-state index in [-0.39, 0.29) is 0 Å². The maximum Gasteiger partial charge on any atom is 0.0797 e. The summed E-state index contributed by atoms with van der Waals surface area (Å²) < 4.78 is 0. The van der Waals surface area contributed by atoms with Gasteiger partial charge in [-0.25, -0.2) is 4.98 Å². The van der Waals surface area contributed by atoms with Gasteiger partial charge in [0.1, 0.15) is 0 Å². The minimum absolute atomic E-state index is 0.347. The second-order valence-corrected chi connectivity index (χ2v) is 4.98. The number of nitrogens with zero attached hydrogens (tertiary/aromatic N) is 1. The number of nitrogens with two attached hydrogens (primary N) is 1. The molecule has 1 heterocycles. The molecule has 0 spiro atoms. The molecule has 2 rings (SSSR count). The van der Waals surface area contributed by atoms with Crippen molar-refractivity contribution in [3.63, 3.8) is 0 Å². The number of hydrogen-bond donors (Lipinski definition) is 1. The zero-order valence-electron chi connectivity index (χ0n) is 7.99. The smallest absolute Gasteiger partial charge is 0.0797 e. The van der Waals surface area contributed by atoms with Crippen LogP contribution in [0.15, 0.2) is 5.51 Å². The van der Waals surface area contributed by atoms with Crippen molar-refractivity contribution in [2.45, 2.75) is 38.6 Å². The van der Waals surface area contributed by atoms with E-state index in [9.17, 15) is 0 Å². The second-order valence-electron chi connectivity index (χ2n) is 4.04. The third-order valence-corrected chi connectivity index (χ3v) is 3.59. The largest absolute Gasteiger partial charge is 0.328 e. The van der Waals surface area contributed by atoms with Crippen LogP contribution < -0.4 is 5.73 Å². The molecule has 0 aliphatic heterocycles. The predicted octanol–water partition coefficient (Wildman–Crippen LogP) is 1.99. The number of aromatic nitrogens is 1. The molecule has 2 N–H and O–H groups in total. The van der Waals surface area contributed by atoms with Crippen LogP contribution in [0.1, 0.15) is 30.3 Å². The summed E-state index contributed by atoms with van der Waals surface area (Å²) in [6.07, 6.45) is 4.81. The molecule has 0 radical (unpaired) electrons. The molecule has 0 saturated carbocycles. The van der Waals surface area contributed by atoms with Crippen LogP contribution in [-0.2, 0) is 12.8 Å². The van der Waals surface area contributed by atoms with Crippen LogP contribution in [0.4, 0.5) is 0 Å². The lowest BCUT2D eigenvalue weighted by atomic mass is 9.87. The van der Waals surface area contributed by atoms with Gasteiger partial charge in [0.25, 0.3) is 0 Å². The third-order valence-electron chi connectivity index (χ3n) is 2.69. The Morgan fingerprint density at radius 2 is 2.62 bits per heavy atom. The monoisotopic (exact) mass is 196 g/mol. The van der Waals surface area contributed by atoms with Gasteiger partial charge in [0.15, 0.2) is 0 Å². The van der Waals surface area contributed by atoms with Gasteiger partial charge in [0.05, 0.1) is 11.2 Å². The summed E-state index contributed by atoms with van der Waals surface area (Å²) in [7, 11) is 0. The van der Waals surface area contributed by atoms with Gasteiger partial charge in [-0.3, -0.25) is 0 Å². The zero-order chi connectivity index (χ0) is 9.26. The van der Waals surface area contributed by atoms with Gasteiger partial charge < -0.3 is 5.73 Å². The van der Waals surface area contributed by atoms with E-state index in [1.165, 1.54) is 23.4 Å². The number of thiazole rings is 1. The van der Waals surface area contributed by atoms with E-state index in [2.05, 4.69) is 11.9 Å². The van der Waals surface area contributed by atoms with Crippen LogP contribution in [0, 0.1) is 5.92 Å². The standard InChI is InChI=1S/C10H16N2S/c1-7(11)4-8-2-3-9-10(5-8)13-6-12-9/h6-8H,2-5,11H2,1H3. The van der Waals surface area contributed by atoms with Gasteiger partial charge in [-0.15, -0.1) is 11.3 Å². The average molecular weight is 196 g/mol. The number of fused-ring (bicyclic) bond motifs is 1. The summed E-state index contributed by atoms with van der Waals surface area (Å²) in [5.41, 5.74) is 9.12. The maximum atomic E-state index is 5.81. The topological polar surface area (TPSA) is 38.9 Å². The molecule has 3 heteroatoms. The van der Waals surface area contributed by atoms with Crippen LogP contribution in [-0.4, -0.2) is 11.0 Å². The lowest BCUT2D eigenvalue weighted by Crippen LogP contribution is -2.23. The number of rotatable bonds is 2. The van der Waals surface area contributed by atoms with E-state index in [4.69, 9.17) is 5.73 Å². The Balaban J connectivity index is 2.00. The van der Waals surface area contributed by atoms with Gasteiger partial charge in [-0.2, -0.15) is 0 Å². The Kier molecular flexibility index (Phi) is 2.65. The fourth-order valence-electron chi connectivity index (χ4n) is 2.10. The fraction of sp³-hybridized carbons (Fsp3) is 0.700. The Labute approximate surface area is 83.2 Å². The van der Waals surface area contributed by atoms with E-state index in [0.717, 1.165) is 18.8 Å². The van der Waals surface area contributed by atoms with E-state index in [0.29, 0.717) is 6.04 Å². The highest BCUT2D eigenvalue weighted by molar-refractivity contribution is 7.09.